The SMILES string of the molecule is Cc1nc(-c2ccc(CCNC(=O)CNC(=O)COc3ccccc3)cc2)cs1. The number of aromatic nitrogens is 1. The molecule has 0 aliphatic rings. The van der Waals surface area contributed by atoms with E-state index in [-0.39, 0.29) is 25.0 Å². The summed E-state index contributed by atoms with van der Waals surface area (Å²) in [7, 11) is 0. The standard InChI is InChI=1S/C22H23N3O3S/c1-16-25-20(15-29-16)18-9-7-17(8-10-18)11-12-23-21(26)13-24-22(27)14-28-19-5-3-2-4-6-19/h2-10,15H,11-14H2,1H3,(H,23,26)(H,24,27). The molecule has 0 unspecified atom stereocenters. The average molecular weight is 410 g/mol. The van der Waals surface area contributed by atoms with Crippen LogP contribution in [0.3, 0.4) is 0 Å². The summed E-state index contributed by atoms with van der Waals surface area (Å²) in [6.07, 6.45) is 0.715. The number of carbonyl (C=O) groups is 2. The van der Waals surface area contributed by atoms with Crippen molar-refractivity contribution in [2.45, 2.75) is 13.3 Å². The first-order chi connectivity index (χ1) is 14.1. The van der Waals surface area contributed by atoms with Crippen molar-refractivity contribution in [2.75, 3.05) is 19.7 Å². The number of rotatable bonds is 9. The molecule has 6 nitrogen and oxygen atoms in total. The van der Waals surface area contributed by atoms with Gasteiger partial charge in [0, 0.05) is 17.5 Å². The first-order valence-corrected chi connectivity index (χ1v) is 10.2. The van der Waals surface area contributed by atoms with Crippen LogP contribution in [-0.2, 0) is 16.0 Å². The molecule has 0 saturated carbocycles. The predicted octanol–water partition coefficient (Wildman–Crippen LogP) is 2.97. The van der Waals surface area contributed by atoms with Gasteiger partial charge < -0.3 is 15.4 Å². The highest BCUT2D eigenvalue weighted by Crippen LogP contribution is 2.21. The Labute approximate surface area is 173 Å². The predicted molar refractivity (Wildman–Crippen MR) is 114 cm³/mol. The molecule has 29 heavy (non-hydrogen) atoms. The summed E-state index contributed by atoms with van der Waals surface area (Å²) in [4.78, 5) is 28.1. The third-order valence-electron chi connectivity index (χ3n) is 4.16. The Morgan fingerprint density at radius 3 is 2.45 bits per heavy atom. The molecule has 0 aliphatic carbocycles. The number of nitrogens with zero attached hydrogens (tertiary/aromatic N) is 1. The van der Waals surface area contributed by atoms with Crippen molar-refractivity contribution < 1.29 is 14.3 Å². The third-order valence-corrected chi connectivity index (χ3v) is 4.94. The Morgan fingerprint density at radius 1 is 1.00 bits per heavy atom. The summed E-state index contributed by atoms with van der Waals surface area (Å²) >= 11 is 1.63. The van der Waals surface area contributed by atoms with Crippen molar-refractivity contribution in [3.05, 3.63) is 70.5 Å². The van der Waals surface area contributed by atoms with E-state index in [0.717, 1.165) is 21.8 Å². The maximum Gasteiger partial charge on any atom is 0.258 e. The minimum Gasteiger partial charge on any atom is -0.484 e. The molecular formula is C22H23N3O3S. The van der Waals surface area contributed by atoms with E-state index in [1.807, 2.05) is 54.8 Å². The van der Waals surface area contributed by atoms with Crippen molar-refractivity contribution in [2.24, 2.45) is 0 Å². The third kappa shape index (κ3) is 6.73. The number of hydrogen-bond donors (Lipinski definition) is 2. The Hall–Kier alpha value is -3.19. The number of hydrogen-bond acceptors (Lipinski definition) is 5. The Balaban J connectivity index is 1.32. The normalized spacial score (nSPS) is 10.4. The molecule has 0 saturated heterocycles. The van der Waals surface area contributed by atoms with E-state index >= 15 is 0 Å². The molecule has 7 heteroatoms. The van der Waals surface area contributed by atoms with Crippen LogP contribution in [0.4, 0.5) is 0 Å². The molecule has 0 spiro atoms. The number of aryl methyl sites for hydroxylation is 1. The molecule has 0 fully saturated rings. The zero-order valence-corrected chi connectivity index (χ0v) is 17.0. The van der Waals surface area contributed by atoms with Crippen molar-refractivity contribution in [1.29, 1.82) is 0 Å². The van der Waals surface area contributed by atoms with Gasteiger partial charge in [-0.05, 0) is 31.0 Å². The largest absolute Gasteiger partial charge is 0.484 e. The molecule has 1 heterocycles. The minimum atomic E-state index is -0.336. The number of thiazole rings is 1. The fraction of sp³-hybridized carbons (Fsp3) is 0.227. The number of amides is 2. The fourth-order valence-corrected chi connectivity index (χ4v) is 3.26. The van der Waals surface area contributed by atoms with Gasteiger partial charge in [-0.2, -0.15) is 0 Å². The summed E-state index contributed by atoms with van der Waals surface area (Å²) in [6, 6.07) is 17.2. The maximum absolute atomic E-state index is 11.9. The van der Waals surface area contributed by atoms with Gasteiger partial charge >= 0.3 is 0 Å². The maximum atomic E-state index is 11.9. The van der Waals surface area contributed by atoms with E-state index in [1.54, 1.807) is 23.5 Å². The number of carbonyl (C=O) groups excluding carboxylic acids is 2. The molecule has 0 bridgehead atoms. The lowest BCUT2D eigenvalue weighted by molar-refractivity contribution is -0.127. The number of para-hydroxylation sites is 1. The summed E-state index contributed by atoms with van der Waals surface area (Å²) < 4.78 is 5.33. The van der Waals surface area contributed by atoms with Gasteiger partial charge in [-0.25, -0.2) is 4.98 Å². The molecule has 2 amide bonds. The molecule has 0 aliphatic heterocycles. The van der Waals surface area contributed by atoms with E-state index in [2.05, 4.69) is 15.6 Å². The zero-order chi connectivity index (χ0) is 20.5. The lowest BCUT2D eigenvalue weighted by Gasteiger charge is -2.08. The molecule has 0 atom stereocenters. The second-order valence-corrected chi connectivity index (χ2v) is 7.49. The van der Waals surface area contributed by atoms with Gasteiger partial charge in [0.2, 0.25) is 5.91 Å². The molecular weight excluding hydrogens is 386 g/mol. The number of ether oxygens (including phenoxy) is 1. The van der Waals surface area contributed by atoms with Gasteiger partial charge in [-0.1, -0.05) is 42.5 Å². The van der Waals surface area contributed by atoms with Crippen molar-refractivity contribution >= 4 is 23.2 Å². The van der Waals surface area contributed by atoms with Gasteiger partial charge in [0.1, 0.15) is 5.75 Å². The second-order valence-electron chi connectivity index (χ2n) is 6.43. The highest BCUT2D eigenvalue weighted by atomic mass is 32.1. The first kappa shape index (κ1) is 20.5. The Bertz CT molecular complexity index is 939. The number of nitrogens with one attached hydrogen (secondary N) is 2. The van der Waals surface area contributed by atoms with E-state index in [0.29, 0.717) is 18.7 Å². The first-order valence-electron chi connectivity index (χ1n) is 9.33. The highest BCUT2D eigenvalue weighted by molar-refractivity contribution is 7.09. The molecule has 3 aromatic rings. The molecule has 2 N–H and O–H groups in total. The van der Waals surface area contributed by atoms with Crippen LogP contribution < -0.4 is 15.4 Å². The topological polar surface area (TPSA) is 80.3 Å². The molecule has 3 rings (SSSR count). The van der Waals surface area contributed by atoms with Crippen molar-refractivity contribution in [3.63, 3.8) is 0 Å². The van der Waals surface area contributed by atoms with Crippen LogP contribution in [-0.4, -0.2) is 36.5 Å². The van der Waals surface area contributed by atoms with Gasteiger partial charge in [0.15, 0.2) is 6.61 Å². The monoisotopic (exact) mass is 409 g/mol. The summed E-state index contributed by atoms with van der Waals surface area (Å²) in [6.45, 7) is 2.30. The average Bonchev–Trinajstić information content (AvgIpc) is 3.18. The van der Waals surface area contributed by atoms with E-state index in [9.17, 15) is 9.59 Å². The van der Waals surface area contributed by atoms with Crippen LogP contribution in [0, 0.1) is 6.92 Å². The Morgan fingerprint density at radius 2 is 1.76 bits per heavy atom. The van der Waals surface area contributed by atoms with Crippen molar-refractivity contribution in [3.8, 4) is 17.0 Å². The van der Waals surface area contributed by atoms with Gasteiger partial charge in [0.25, 0.3) is 5.91 Å². The fourth-order valence-electron chi connectivity index (χ4n) is 2.64. The number of benzene rings is 2. The van der Waals surface area contributed by atoms with Gasteiger partial charge in [-0.3, -0.25) is 9.59 Å². The summed E-state index contributed by atoms with van der Waals surface area (Å²) in [5.74, 6) is 0.0486. The van der Waals surface area contributed by atoms with Crippen LogP contribution in [0.1, 0.15) is 10.6 Å². The van der Waals surface area contributed by atoms with Crippen LogP contribution in [0.2, 0.25) is 0 Å². The van der Waals surface area contributed by atoms with Crippen molar-refractivity contribution in [1.82, 2.24) is 15.6 Å². The molecule has 1 aromatic heterocycles. The lowest BCUT2D eigenvalue weighted by atomic mass is 10.1. The summed E-state index contributed by atoms with van der Waals surface area (Å²) in [5.41, 5.74) is 3.20. The van der Waals surface area contributed by atoms with Gasteiger partial charge in [-0.15, -0.1) is 11.3 Å². The quantitative estimate of drug-likeness (QED) is 0.569. The Kier molecular flexibility index (Phi) is 7.35. The van der Waals surface area contributed by atoms with E-state index in [1.165, 1.54) is 0 Å². The zero-order valence-electron chi connectivity index (χ0n) is 16.2. The highest BCUT2D eigenvalue weighted by Gasteiger charge is 2.07. The molecule has 0 radical (unpaired) electrons. The molecule has 2 aromatic carbocycles. The van der Waals surface area contributed by atoms with Crippen LogP contribution in [0.15, 0.2) is 60.0 Å². The van der Waals surface area contributed by atoms with E-state index in [4.69, 9.17) is 4.74 Å². The van der Waals surface area contributed by atoms with Crippen LogP contribution in [0.25, 0.3) is 11.3 Å². The lowest BCUT2D eigenvalue weighted by Crippen LogP contribution is -2.39. The molecule has 150 valence electrons. The van der Waals surface area contributed by atoms with Crippen LogP contribution >= 0.6 is 11.3 Å². The summed E-state index contributed by atoms with van der Waals surface area (Å²) in [5, 5.41) is 8.44. The smallest absolute Gasteiger partial charge is 0.258 e. The van der Waals surface area contributed by atoms with Gasteiger partial charge in [0.05, 0.1) is 17.2 Å². The van der Waals surface area contributed by atoms with Crippen LogP contribution in [0.5, 0.6) is 5.75 Å². The van der Waals surface area contributed by atoms with E-state index < -0.39 is 0 Å². The second kappa shape index (κ2) is 10.4. The minimum absolute atomic E-state index is 0.0703.